The Morgan fingerprint density at radius 1 is 1.25 bits per heavy atom. The molecule has 1 aliphatic rings. The lowest BCUT2D eigenvalue weighted by atomic mass is 9.95. The lowest BCUT2D eigenvalue weighted by Gasteiger charge is -2.20. The normalized spacial score (nSPS) is 14.8. The number of halogens is 2. The van der Waals surface area contributed by atoms with Gasteiger partial charge in [-0.25, -0.2) is 4.39 Å². The van der Waals surface area contributed by atoms with Gasteiger partial charge in [-0.3, -0.25) is 0 Å². The van der Waals surface area contributed by atoms with E-state index in [0.717, 1.165) is 22.2 Å². The Hall–Kier alpha value is -1.39. The van der Waals surface area contributed by atoms with E-state index < -0.39 is 0 Å². The predicted molar refractivity (Wildman–Crippen MR) is 80.6 cm³/mol. The minimum atomic E-state index is -0.227. The van der Waals surface area contributed by atoms with Gasteiger partial charge < -0.3 is 10.1 Å². The first kappa shape index (κ1) is 13.6. The van der Waals surface area contributed by atoms with Crippen LogP contribution >= 0.6 is 15.9 Å². The highest BCUT2D eigenvalue weighted by Gasteiger charge is 2.24. The molecule has 0 bridgehead atoms. The SMILES string of the molecule is CNC(c1ccc(Br)cc1F)c1cccc2c1OCC2. The maximum Gasteiger partial charge on any atom is 0.129 e. The molecule has 0 aromatic heterocycles. The van der Waals surface area contributed by atoms with Crippen LogP contribution in [0.25, 0.3) is 0 Å². The standard InChI is InChI=1S/C16H15BrFNO/c1-19-15(12-6-5-11(17)9-14(12)18)13-4-2-3-10-7-8-20-16(10)13/h2-6,9,15,19H,7-8H2,1H3. The van der Waals surface area contributed by atoms with Crippen LogP contribution in [-0.2, 0) is 6.42 Å². The van der Waals surface area contributed by atoms with Gasteiger partial charge in [-0.05, 0) is 24.7 Å². The second kappa shape index (κ2) is 5.54. The summed E-state index contributed by atoms with van der Waals surface area (Å²) in [5, 5.41) is 3.19. The summed E-state index contributed by atoms with van der Waals surface area (Å²) in [6.45, 7) is 0.700. The topological polar surface area (TPSA) is 21.3 Å². The average molecular weight is 336 g/mol. The first-order valence-electron chi connectivity index (χ1n) is 6.57. The van der Waals surface area contributed by atoms with E-state index in [1.54, 1.807) is 6.07 Å². The van der Waals surface area contributed by atoms with Crippen LogP contribution in [0.15, 0.2) is 40.9 Å². The number of ether oxygens (including phenoxy) is 1. The third kappa shape index (κ3) is 2.34. The van der Waals surface area contributed by atoms with Crippen LogP contribution in [0.3, 0.4) is 0 Å². The van der Waals surface area contributed by atoms with Gasteiger partial charge in [-0.1, -0.05) is 40.2 Å². The Kier molecular flexibility index (Phi) is 3.76. The van der Waals surface area contributed by atoms with Crippen LogP contribution in [0.5, 0.6) is 5.75 Å². The Morgan fingerprint density at radius 2 is 2.10 bits per heavy atom. The van der Waals surface area contributed by atoms with Gasteiger partial charge in [0.25, 0.3) is 0 Å². The lowest BCUT2D eigenvalue weighted by Crippen LogP contribution is -2.19. The number of fused-ring (bicyclic) bond motifs is 1. The fourth-order valence-electron chi connectivity index (χ4n) is 2.68. The molecule has 104 valence electrons. The van der Waals surface area contributed by atoms with E-state index in [2.05, 4.69) is 27.3 Å². The van der Waals surface area contributed by atoms with E-state index in [-0.39, 0.29) is 11.9 Å². The van der Waals surface area contributed by atoms with Gasteiger partial charge in [-0.15, -0.1) is 0 Å². The van der Waals surface area contributed by atoms with Crippen molar-refractivity contribution in [1.82, 2.24) is 5.32 Å². The van der Waals surface area contributed by atoms with Crippen LogP contribution in [-0.4, -0.2) is 13.7 Å². The van der Waals surface area contributed by atoms with Gasteiger partial charge in [0.2, 0.25) is 0 Å². The third-order valence-electron chi connectivity index (χ3n) is 3.62. The van der Waals surface area contributed by atoms with Crippen molar-refractivity contribution in [1.29, 1.82) is 0 Å². The molecular weight excluding hydrogens is 321 g/mol. The summed E-state index contributed by atoms with van der Waals surface area (Å²) in [6, 6.07) is 11.0. The average Bonchev–Trinajstić information content (AvgIpc) is 2.91. The summed E-state index contributed by atoms with van der Waals surface area (Å²) in [4.78, 5) is 0. The zero-order valence-corrected chi connectivity index (χ0v) is 12.7. The van der Waals surface area contributed by atoms with Gasteiger partial charge in [-0.2, -0.15) is 0 Å². The summed E-state index contributed by atoms with van der Waals surface area (Å²) in [5.41, 5.74) is 2.81. The molecule has 0 amide bonds. The molecule has 0 saturated heterocycles. The quantitative estimate of drug-likeness (QED) is 0.920. The smallest absolute Gasteiger partial charge is 0.129 e. The van der Waals surface area contributed by atoms with Crippen molar-refractivity contribution in [2.24, 2.45) is 0 Å². The molecule has 1 heterocycles. The molecule has 0 spiro atoms. The van der Waals surface area contributed by atoms with E-state index in [4.69, 9.17) is 4.74 Å². The van der Waals surface area contributed by atoms with Crippen molar-refractivity contribution >= 4 is 15.9 Å². The van der Waals surface area contributed by atoms with Crippen molar-refractivity contribution < 1.29 is 9.13 Å². The van der Waals surface area contributed by atoms with Crippen molar-refractivity contribution in [3.63, 3.8) is 0 Å². The minimum absolute atomic E-state index is 0.212. The van der Waals surface area contributed by atoms with Crippen molar-refractivity contribution in [2.45, 2.75) is 12.5 Å². The van der Waals surface area contributed by atoms with Gasteiger partial charge in [0, 0.05) is 22.0 Å². The zero-order chi connectivity index (χ0) is 14.1. The lowest BCUT2D eigenvalue weighted by molar-refractivity contribution is 0.350. The zero-order valence-electron chi connectivity index (χ0n) is 11.1. The van der Waals surface area contributed by atoms with Crippen molar-refractivity contribution in [2.75, 3.05) is 13.7 Å². The molecule has 1 unspecified atom stereocenters. The van der Waals surface area contributed by atoms with Crippen LogP contribution in [0.4, 0.5) is 4.39 Å². The van der Waals surface area contributed by atoms with Crippen LogP contribution < -0.4 is 10.1 Å². The number of rotatable bonds is 3. The van der Waals surface area contributed by atoms with E-state index in [9.17, 15) is 4.39 Å². The summed E-state index contributed by atoms with van der Waals surface area (Å²) in [6.07, 6.45) is 0.919. The molecule has 2 aromatic carbocycles. The second-order valence-electron chi connectivity index (χ2n) is 4.82. The maximum atomic E-state index is 14.2. The van der Waals surface area contributed by atoms with E-state index in [0.29, 0.717) is 12.2 Å². The third-order valence-corrected chi connectivity index (χ3v) is 4.11. The van der Waals surface area contributed by atoms with Crippen LogP contribution in [0.1, 0.15) is 22.7 Å². The number of benzene rings is 2. The Morgan fingerprint density at radius 3 is 2.85 bits per heavy atom. The van der Waals surface area contributed by atoms with E-state index in [1.807, 2.05) is 25.2 Å². The molecular formula is C16H15BrFNO. The molecule has 1 N–H and O–H groups in total. The fourth-order valence-corrected chi connectivity index (χ4v) is 3.02. The number of hydrogen-bond acceptors (Lipinski definition) is 2. The van der Waals surface area contributed by atoms with Crippen molar-refractivity contribution in [3.05, 3.63) is 63.4 Å². The van der Waals surface area contributed by atoms with E-state index >= 15 is 0 Å². The summed E-state index contributed by atoms with van der Waals surface area (Å²) < 4.78 is 20.7. The molecule has 0 radical (unpaired) electrons. The van der Waals surface area contributed by atoms with Gasteiger partial charge in [0.1, 0.15) is 11.6 Å². The molecule has 0 saturated carbocycles. The molecule has 20 heavy (non-hydrogen) atoms. The highest BCUT2D eigenvalue weighted by atomic mass is 79.9. The molecule has 0 fully saturated rings. The minimum Gasteiger partial charge on any atom is -0.493 e. The first-order chi connectivity index (χ1) is 9.70. The number of hydrogen-bond donors (Lipinski definition) is 1. The monoisotopic (exact) mass is 335 g/mol. The number of nitrogens with one attached hydrogen (secondary N) is 1. The Bertz CT molecular complexity index is 644. The maximum absolute atomic E-state index is 14.2. The molecule has 0 aliphatic carbocycles. The van der Waals surface area contributed by atoms with Crippen LogP contribution in [0, 0.1) is 5.82 Å². The van der Waals surface area contributed by atoms with Crippen LogP contribution in [0.2, 0.25) is 0 Å². The Balaban J connectivity index is 2.09. The van der Waals surface area contributed by atoms with Gasteiger partial charge >= 0.3 is 0 Å². The van der Waals surface area contributed by atoms with Crippen molar-refractivity contribution in [3.8, 4) is 5.75 Å². The molecule has 1 atom stereocenters. The first-order valence-corrected chi connectivity index (χ1v) is 7.37. The molecule has 4 heteroatoms. The highest BCUT2D eigenvalue weighted by molar-refractivity contribution is 9.10. The summed E-state index contributed by atoms with van der Waals surface area (Å²) in [5.74, 6) is 0.670. The highest BCUT2D eigenvalue weighted by Crippen LogP contribution is 2.37. The predicted octanol–water partition coefficient (Wildman–Crippen LogP) is 3.83. The van der Waals surface area contributed by atoms with E-state index in [1.165, 1.54) is 11.6 Å². The largest absolute Gasteiger partial charge is 0.493 e. The van der Waals surface area contributed by atoms with Gasteiger partial charge in [0.05, 0.1) is 12.6 Å². The fraction of sp³-hybridized carbons (Fsp3) is 0.250. The summed E-state index contributed by atoms with van der Waals surface area (Å²) >= 11 is 3.29. The molecule has 3 rings (SSSR count). The molecule has 1 aliphatic heterocycles. The molecule has 2 aromatic rings. The van der Waals surface area contributed by atoms with Gasteiger partial charge in [0.15, 0.2) is 0 Å². The summed E-state index contributed by atoms with van der Waals surface area (Å²) in [7, 11) is 1.83. The second-order valence-corrected chi connectivity index (χ2v) is 5.74. The molecule has 2 nitrogen and oxygen atoms in total. The Labute approximate surface area is 126 Å². The number of para-hydroxylation sites is 1.